The number of hydrogen-bond acceptors (Lipinski definition) is 2. The van der Waals surface area contributed by atoms with E-state index in [1.807, 2.05) is 13.0 Å². The third-order valence-corrected chi connectivity index (χ3v) is 6.75. The highest BCUT2D eigenvalue weighted by atomic mass is 79.9. The Bertz CT molecular complexity index is 593. The first-order valence-electron chi connectivity index (χ1n) is 6.94. The maximum absolute atomic E-state index is 13.5. The fourth-order valence-corrected chi connectivity index (χ4v) is 4.37. The van der Waals surface area contributed by atoms with Crippen molar-refractivity contribution in [1.82, 2.24) is 5.32 Å². The fraction of sp³-hybridized carbons (Fsp3) is 0.375. The van der Waals surface area contributed by atoms with Crippen molar-refractivity contribution in [1.29, 1.82) is 0 Å². The average molecular weight is 435 g/mol. The zero-order valence-electron chi connectivity index (χ0n) is 12.1. The predicted molar refractivity (Wildman–Crippen MR) is 95.6 cm³/mol. The summed E-state index contributed by atoms with van der Waals surface area (Å²) in [5.41, 5.74) is 2.19. The third kappa shape index (κ3) is 4.62. The van der Waals surface area contributed by atoms with Crippen molar-refractivity contribution in [3.8, 4) is 0 Å². The summed E-state index contributed by atoms with van der Waals surface area (Å²) in [7, 11) is 0. The zero-order valence-corrected chi connectivity index (χ0v) is 16.0. The van der Waals surface area contributed by atoms with Crippen molar-refractivity contribution in [2.45, 2.75) is 32.7 Å². The van der Waals surface area contributed by atoms with E-state index in [9.17, 15) is 4.39 Å². The molecular weight excluding hydrogens is 417 g/mol. The summed E-state index contributed by atoms with van der Waals surface area (Å²) in [5.74, 6) is -0.168. The van der Waals surface area contributed by atoms with Gasteiger partial charge < -0.3 is 5.32 Å². The van der Waals surface area contributed by atoms with E-state index in [0.717, 1.165) is 38.8 Å². The zero-order chi connectivity index (χ0) is 15.4. The van der Waals surface area contributed by atoms with Crippen LogP contribution in [-0.2, 0) is 6.42 Å². The first-order chi connectivity index (χ1) is 10.0. The van der Waals surface area contributed by atoms with Gasteiger partial charge in [-0.3, -0.25) is 0 Å². The first kappa shape index (κ1) is 17.1. The van der Waals surface area contributed by atoms with Gasteiger partial charge in [0.25, 0.3) is 0 Å². The van der Waals surface area contributed by atoms with E-state index in [0.29, 0.717) is 0 Å². The van der Waals surface area contributed by atoms with Crippen LogP contribution in [0.4, 0.5) is 4.39 Å². The summed E-state index contributed by atoms with van der Waals surface area (Å²) >= 11 is 8.80. The van der Waals surface area contributed by atoms with E-state index in [-0.39, 0.29) is 11.9 Å². The molecule has 1 atom stereocenters. The molecule has 0 saturated carbocycles. The van der Waals surface area contributed by atoms with Crippen LogP contribution in [0.15, 0.2) is 32.5 Å². The molecule has 0 fully saturated rings. The number of nitrogens with one attached hydrogen (secondary N) is 1. The molecular formula is C16H18Br2FNS. The van der Waals surface area contributed by atoms with Crippen LogP contribution in [0.1, 0.15) is 35.4 Å². The fourth-order valence-electron chi connectivity index (χ4n) is 2.21. The second-order valence-corrected chi connectivity index (χ2v) is 8.31. The number of hydrogen-bond donors (Lipinski definition) is 1. The number of rotatable bonds is 6. The van der Waals surface area contributed by atoms with Crippen LogP contribution >= 0.6 is 43.2 Å². The van der Waals surface area contributed by atoms with E-state index in [4.69, 9.17) is 0 Å². The first-order valence-corrected chi connectivity index (χ1v) is 9.34. The number of aryl methyl sites for hydroxylation is 1. The Hall–Kier alpha value is -0.230. The second kappa shape index (κ2) is 7.86. The molecule has 1 heterocycles. The lowest BCUT2D eigenvalue weighted by Crippen LogP contribution is -2.23. The van der Waals surface area contributed by atoms with Crippen LogP contribution in [0.2, 0.25) is 0 Å². The van der Waals surface area contributed by atoms with Crippen LogP contribution in [0, 0.1) is 12.7 Å². The van der Waals surface area contributed by atoms with E-state index in [1.165, 1.54) is 10.9 Å². The molecule has 0 aliphatic heterocycles. The minimum absolute atomic E-state index is 0.168. The van der Waals surface area contributed by atoms with E-state index < -0.39 is 0 Å². The van der Waals surface area contributed by atoms with Gasteiger partial charge in [0.1, 0.15) is 5.82 Å². The normalized spacial score (nSPS) is 12.6. The topological polar surface area (TPSA) is 12.0 Å². The molecule has 0 saturated heterocycles. The Kier molecular flexibility index (Phi) is 6.41. The van der Waals surface area contributed by atoms with E-state index in [1.54, 1.807) is 17.4 Å². The van der Waals surface area contributed by atoms with Gasteiger partial charge >= 0.3 is 0 Å². The number of thiophene rings is 1. The molecule has 0 aliphatic carbocycles. The largest absolute Gasteiger partial charge is 0.309 e. The Morgan fingerprint density at radius 2 is 2.05 bits per heavy atom. The summed E-state index contributed by atoms with van der Waals surface area (Å²) in [6.07, 6.45) is 1.87. The summed E-state index contributed by atoms with van der Waals surface area (Å²) in [6, 6.07) is 7.36. The molecule has 2 rings (SSSR count). The molecule has 1 N–H and O–H groups in total. The molecule has 5 heteroatoms. The molecule has 0 amide bonds. The maximum atomic E-state index is 13.5. The molecule has 0 aliphatic rings. The van der Waals surface area contributed by atoms with Crippen LogP contribution < -0.4 is 5.32 Å². The third-order valence-electron chi connectivity index (χ3n) is 3.38. The molecule has 1 aromatic carbocycles. The molecule has 21 heavy (non-hydrogen) atoms. The minimum atomic E-state index is -0.168. The molecule has 0 bridgehead atoms. The Morgan fingerprint density at radius 1 is 1.29 bits per heavy atom. The lowest BCUT2D eigenvalue weighted by Gasteiger charge is -2.18. The Balaban J connectivity index is 2.25. The quantitative estimate of drug-likeness (QED) is 0.587. The summed E-state index contributed by atoms with van der Waals surface area (Å²) in [5, 5.41) is 3.57. The monoisotopic (exact) mass is 433 g/mol. The molecule has 1 unspecified atom stereocenters. The standard InChI is InChI=1S/C16H18Br2FNS/c1-3-6-20-14(15-9-13(17)16(18)21-15)8-11-7-12(19)5-4-10(11)2/h4-5,7,9,14,20H,3,6,8H2,1-2H3. The Labute approximate surface area is 146 Å². The number of benzene rings is 1. The van der Waals surface area contributed by atoms with Crippen molar-refractivity contribution < 1.29 is 4.39 Å². The van der Waals surface area contributed by atoms with Gasteiger partial charge in [-0.2, -0.15) is 0 Å². The summed E-state index contributed by atoms with van der Waals surface area (Å²) in [6.45, 7) is 5.13. The summed E-state index contributed by atoms with van der Waals surface area (Å²) in [4.78, 5) is 1.26. The smallest absolute Gasteiger partial charge is 0.123 e. The highest BCUT2D eigenvalue weighted by Crippen LogP contribution is 2.36. The predicted octanol–water partition coefficient (Wildman–Crippen LogP) is 6.00. The van der Waals surface area contributed by atoms with Gasteiger partial charge in [-0.15, -0.1) is 11.3 Å². The van der Waals surface area contributed by atoms with Crippen molar-refractivity contribution in [2.75, 3.05) is 6.54 Å². The molecule has 2 aromatic rings. The minimum Gasteiger partial charge on any atom is -0.309 e. The molecule has 1 nitrogen and oxygen atoms in total. The van der Waals surface area contributed by atoms with Crippen molar-refractivity contribution >= 4 is 43.2 Å². The van der Waals surface area contributed by atoms with Gasteiger partial charge in [-0.05, 0) is 87.5 Å². The molecule has 1 aromatic heterocycles. The molecule has 0 radical (unpaired) electrons. The van der Waals surface area contributed by atoms with Crippen molar-refractivity contribution in [3.63, 3.8) is 0 Å². The van der Waals surface area contributed by atoms with Crippen LogP contribution in [0.3, 0.4) is 0 Å². The SMILES string of the molecule is CCCNC(Cc1cc(F)ccc1C)c1cc(Br)c(Br)s1. The maximum Gasteiger partial charge on any atom is 0.123 e. The second-order valence-electron chi connectivity index (χ2n) is 5.05. The van der Waals surface area contributed by atoms with E-state index >= 15 is 0 Å². The van der Waals surface area contributed by atoms with Crippen LogP contribution in [-0.4, -0.2) is 6.54 Å². The average Bonchev–Trinajstić information content (AvgIpc) is 2.78. The molecule has 0 spiro atoms. The lowest BCUT2D eigenvalue weighted by molar-refractivity contribution is 0.533. The van der Waals surface area contributed by atoms with Crippen molar-refractivity contribution in [2.24, 2.45) is 0 Å². The van der Waals surface area contributed by atoms with Gasteiger partial charge in [0.2, 0.25) is 0 Å². The van der Waals surface area contributed by atoms with Gasteiger partial charge in [0.15, 0.2) is 0 Å². The van der Waals surface area contributed by atoms with Gasteiger partial charge in [0.05, 0.1) is 3.79 Å². The lowest BCUT2D eigenvalue weighted by atomic mass is 10.00. The summed E-state index contributed by atoms with van der Waals surface area (Å²) < 4.78 is 15.7. The Morgan fingerprint density at radius 3 is 2.67 bits per heavy atom. The van der Waals surface area contributed by atoms with E-state index in [2.05, 4.69) is 50.2 Å². The van der Waals surface area contributed by atoms with Gasteiger partial charge in [0, 0.05) is 15.4 Å². The highest BCUT2D eigenvalue weighted by molar-refractivity contribution is 9.13. The number of halogens is 3. The van der Waals surface area contributed by atoms with Gasteiger partial charge in [-0.1, -0.05) is 13.0 Å². The molecule has 114 valence electrons. The van der Waals surface area contributed by atoms with Crippen molar-refractivity contribution in [3.05, 3.63) is 54.3 Å². The highest BCUT2D eigenvalue weighted by Gasteiger charge is 2.17. The van der Waals surface area contributed by atoms with Crippen LogP contribution in [0.25, 0.3) is 0 Å². The van der Waals surface area contributed by atoms with Gasteiger partial charge in [-0.25, -0.2) is 4.39 Å². The van der Waals surface area contributed by atoms with Crippen LogP contribution in [0.5, 0.6) is 0 Å².